The van der Waals surface area contributed by atoms with E-state index in [-0.39, 0.29) is 11.6 Å². The van der Waals surface area contributed by atoms with Gasteiger partial charge in [-0.05, 0) is 59.6 Å². The average Bonchev–Trinajstić information content (AvgIpc) is 2.96. The van der Waals surface area contributed by atoms with E-state index >= 15 is 0 Å². The summed E-state index contributed by atoms with van der Waals surface area (Å²) in [5.41, 5.74) is 0.788. The van der Waals surface area contributed by atoms with Gasteiger partial charge in [-0.1, -0.05) is 30.3 Å². The Morgan fingerprint density at radius 1 is 1.26 bits per heavy atom. The zero-order chi connectivity index (χ0) is 19.7. The maximum absolute atomic E-state index is 12.4. The molecule has 1 saturated heterocycles. The number of carbonyl (C=O) groups excluding carboxylic acids is 1. The van der Waals surface area contributed by atoms with Gasteiger partial charge in [0, 0.05) is 24.7 Å². The minimum absolute atomic E-state index is 0.00592. The number of likely N-dealkylation sites (tertiary alicyclic amines) is 1. The van der Waals surface area contributed by atoms with Crippen molar-refractivity contribution >= 4 is 6.09 Å². The number of rotatable bonds is 5. The zero-order valence-corrected chi connectivity index (χ0v) is 17.4. The Morgan fingerprint density at radius 2 is 1.93 bits per heavy atom. The number of benzene rings is 1. The Balaban J connectivity index is 1.45. The van der Waals surface area contributed by atoms with E-state index in [4.69, 9.17) is 9.47 Å². The lowest BCUT2D eigenvalue weighted by Crippen LogP contribution is -2.57. The molecule has 3 rings (SSSR count). The topological polar surface area (TPSA) is 42.0 Å². The molecule has 1 amide bonds. The first kappa shape index (κ1) is 20.2. The maximum Gasteiger partial charge on any atom is 0.410 e. The molecule has 0 radical (unpaired) electrons. The number of ether oxygens (including phenoxy) is 2. The molecule has 1 aliphatic heterocycles. The van der Waals surface area contributed by atoms with Crippen molar-refractivity contribution in [2.45, 2.75) is 76.9 Å². The highest BCUT2D eigenvalue weighted by Gasteiger charge is 2.45. The van der Waals surface area contributed by atoms with Crippen LogP contribution in [0.1, 0.15) is 52.5 Å². The second kappa shape index (κ2) is 7.80. The van der Waals surface area contributed by atoms with E-state index in [0.29, 0.717) is 18.8 Å². The van der Waals surface area contributed by atoms with E-state index in [1.165, 1.54) is 5.56 Å². The molecule has 1 atom stereocenters. The first-order valence-corrected chi connectivity index (χ1v) is 10.0. The highest BCUT2D eigenvalue weighted by Crippen LogP contribution is 2.36. The van der Waals surface area contributed by atoms with Gasteiger partial charge in [0.1, 0.15) is 5.60 Å². The molecular formula is C22H34N2O3. The third kappa shape index (κ3) is 5.02. The molecule has 27 heavy (non-hydrogen) atoms. The molecule has 150 valence electrons. The van der Waals surface area contributed by atoms with E-state index in [0.717, 1.165) is 32.4 Å². The summed E-state index contributed by atoms with van der Waals surface area (Å²) in [6, 6.07) is 10.9. The predicted octanol–water partition coefficient (Wildman–Crippen LogP) is 4.07. The van der Waals surface area contributed by atoms with Gasteiger partial charge in [0.05, 0.1) is 12.7 Å². The molecule has 1 heterocycles. The lowest BCUT2D eigenvalue weighted by Gasteiger charge is -2.48. The lowest BCUT2D eigenvalue weighted by atomic mass is 9.84. The van der Waals surface area contributed by atoms with Crippen LogP contribution in [0, 0.1) is 0 Å². The molecule has 5 heteroatoms. The van der Waals surface area contributed by atoms with Crippen LogP contribution in [0.2, 0.25) is 0 Å². The Kier molecular flexibility index (Phi) is 5.82. The minimum Gasteiger partial charge on any atom is -0.444 e. The third-order valence-corrected chi connectivity index (χ3v) is 5.90. The maximum atomic E-state index is 12.4. The quantitative estimate of drug-likeness (QED) is 0.779. The van der Waals surface area contributed by atoms with E-state index < -0.39 is 5.60 Å². The lowest BCUT2D eigenvalue weighted by molar-refractivity contribution is -0.0748. The van der Waals surface area contributed by atoms with Gasteiger partial charge in [-0.25, -0.2) is 4.79 Å². The fourth-order valence-electron chi connectivity index (χ4n) is 3.93. The van der Waals surface area contributed by atoms with E-state index in [9.17, 15) is 4.79 Å². The van der Waals surface area contributed by atoms with Crippen molar-refractivity contribution in [1.82, 2.24) is 9.80 Å². The molecule has 1 unspecified atom stereocenters. The van der Waals surface area contributed by atoms with Crippen molar-refractivity contribution in [2.75, 3.05) is 20.1 Å². The molecule has 0 N–H and O–H groups in total. The fourth-order valence-corrected chi connectivity index (χ4v) is 3.93. The number of carbonyl (C=O) groups is 1. The Bertz CT molecular complexity index is 637. The van der Waals surface area contributed by atoms with Gasteiger partial charge >= 0.3 is 6.09 Å². The van der Waals surface area contributed by atoms with E-state index in [1.54, 1.807) is 0 Å². The Hall–Kier alpha value is -1.59. The van der Waals surface area contributed by atoms with Crippen molar-refractivity contribution in [1.29, 1.82) is 0 Å². The second-order valence-electron chi connectivity index (χ2n) is 9.30. The smallest absolute Gasteiger partial charge is 0.410 e. The number of hydrogen-bond acceptors (Lipinski definition) is 4. The molecule has 2 fully saturated rings. The molecule has 0 bridgehead atoms. The Morgan fingerprint density at radius 3 is 2.56 bits per heavy atom. The summed E-state index contributed by atoms with van der Waals surface area (Å²) >= 11 is 0. The van der Waals surface area contributed by atoms with Crippen LogP contribution in [0.25, 0.3) is 0 Å². The largest absolute Gasteiger partial charge is 0.444 e. The molecular weight excluding hydrogens is 340 g/mol. The first-order valence-electron chi connectivity index (χ1n) is 10.0. The summed E-state index contributed by atoms with van der Waals surface area (Å²) in [5, 5.41) is 0. The van der Waals surface area contributed by atoms with Gasteiger partial charge in [0.15, 0.2) is 0 Å². The molecule has 1 aromatic rings. The van der Waals surface area contributed by atoms with Crippen molar-refractivity contribution < 1.29 is 14.3 Å². The molecule has 2 aliphatic rings. The van der Waals surface area contributed by atoms with Crippen LogP contribution in [-0.2, 0) is 16.1 Å². The fraction of sp³-hybridized carbons (Fsp3) is 0.682. The van der Waals surface area contributed by atoms with Crippen LogP contribution in [0.4, 0.5) is 4.79 Å². The minimum atomic E-state index is -0.445. The van der Waals surface area contributed by atoms with Crippen LogP contribution in [-0.4, -0.2) is 59.3 Å². The molecule has 5 nitrogen and oxygen atoms in total. The standard InChI is InChI=1S/C22H34N2O3/c1-21(2,3)27-20(25)24-12-11-22(4,16-24)23(5)18-13-19(14-18)26-15-17-9-7-6-8-10-17/h6-10,18-19H,11-16H2,1-5H3. The monoisotopic (exact) mass is 374 g/mol. The van der Waals surface area contributed by atoms with Crippen molar-refractivity contribution in [3.63, 3.8) is 0 Å². The predicted molar refractivity (Wildman–Crippen MR) is 107 cm³/mol. The number of likely N-dealkylation sites (N-methyl/N-ethyl adjacent to an activating group) is 1. The van der Waals surface area contributed by atoms with Gasteiger partial charge in [0.25, 0.3) is 0 Å². The van der Waals surface area contributed by atoms with Gasteiger partial charge < -0.3 is 14.4 Å². The highest BCUT2D eigenvalue weighted by molar-refractivity contribution is 5.68. The van der Waals surface area contributed by atoms with Gasteiger partial charge in [-0.15, -0.1) is 0 Å². The molecule has 0 spiro atoms. The van der Waals surface area contributed by atoms with Crippen LogP contribution in [0.5, 0.6) is 0 Å². The van der Waals surface area contributed by atoms with Crippen molar-refractivity contribution in [3.05, 3.63) is 35.9 Å². The first-order chi connectivity index (χ1) is 12.7. The summed E-state index contributed by atoms with van der Waals surface area (Å²) in [7, 11) is 2.19. The summed E-state index contributed by atoms with van der Waals surface area (Å²) in [6.07, 6.45) is 3.24. The van der Waals surface area contributed by atoms with Crippen LogP contribution < -0.4 is 0 Å². The van der Waals surface area contributed by atoms with Gasteiger partial charge in [0.2, 0.25) is 0 Å². The number of hydrogen-bond donors (Lipinski definition) is 0. The summed E-state index contributed by atoms with van der Waals surface area (Å²) < 4.78 is 11.6. The van der Waals surface area contributed by atoms with Crippen molar-refractivity contribution in [2.24, 2.45) is 0 Å². The highest BCUT2D eigenvalue weighted by atomic mass is 16.6. The van der Waals surface area contributed by atoms with Gasteiger partial charge in [-0.2, -0.15) is 0 Å². The number of nitrogens with zero attached hydrogens (tertiary/aromatic N) is 2. The van der Waals surface area contributed by atoms with Crippen LogP contribution >= 0.6 is 0 Å². The van der Waals surface area contributed by atoms with Crippen molar-refractivity contribution in [3.8, 4) is 0 Å². The second-order valence-corrected chi connectivity index (χ2v) is 9.30. The molecule has 1 saturated carbocycles. The number of amides is 1. The molecule has 0 aromatic heterocycles. The summed E-state index contributed by atoms with van der Waals surface area (Å²) in [6.45, 7) is 10.2. The molecule has 1 aromatic carbocycles. The van der Waals surface area contributed by atoms with E-state index in [2.05, 4.69) is 31.0 Å². The SMILES string of the molecule is CN(C1CC(OCc2ccccc2)C1)C1(C)CCN(C(=O)OC(C)(C)C)C1. The van der Waals surface area contributed by atoms with Crippen LogP contribution in [0.15, 0.2) is 30.3 Å². The van der Waals surface area contributed by atoms with E-state index in [1.807, 2.05) is 43.9 Å². The van der Waals surface area contributed by atoms with Crippen LogP contribution in [0.3, 0.4) is 0 Å². The summed E-state index contributed by atoms with van der Waals surface area (Å²) in [5.74, 6) is 0. The third-order valence-electron chi connectivity index (χ3n) is 5.90. The normalized spacial score (nSPS) is 28.3. The summed E-state index contributed by atoms with van der Waals surface area (Å²) in [4.78, 5) is 16.7. The molecule has 1 aliphatic carbocycles. The van der Waals surface area contributed by atoms with Gasteiger partial charge in [-0.3, -0.25) is 4.90 Å². The Labute approximate surface area is 163 Å². The average molecular weight is 375 g/mol. The zero-order valence-electron chi connectivity index (χ0n) is 17.4.